The highest BCUT2D eigenvalue weighted by Crippen LogP contribution is 2.24. The van der Waals surface area contributed by atoms with Crippen molar-refractivity contribution >= 4 is 17.3 Å². The van der Waals surface area contributed by atoms with Gasteiger partial charge in [-0.05, 0) is 35.9 Å². The van der Waals surface area contributed by atoms with E-state index in [2.05, 4.69) is 6.07 Å². The van der Waals surface area contributed by atoms with Crippen molar-refractivity contribution in [1.82, 2.24) is 0 Å². The summed E-state index contributed by atoms with van der Waals surface area (Å²) in [5.74, 6) is 0.547. The molecule has 0 spiro atoms. The van der Waals surface area contributed by atoms with Gasteiger partial charge in [-0.1, -0.05) is 29.8 Å². The summed E-state index contributed by atoms with van der Waals surface area (Å²) in [6.07, 6.45) is 0.639. The third-order valence-electron chi connectivity index (χ3n) is 3.42. The first kappa shape index (κ1) is 16.2. The smallest absolute Gasteiger partial charge is 0.120 e. The van der Waals surface area contributed by atoms with E-state index in [1.54, 1.807) is 12.1 Å². The van der Waals surface area contributed by atoms with Gasteiger partial charge >= 0.3 is 0 Å². The van der Waals surface area contributed by atoms with E-state index in [-0.39, 0.29) is 5.92 Å². The van der Waals surface area contributed by atoms with Gasteiger partial charge in [-0.15, -0.1) is 0 Å². The monoisotopic (exact) mass is 314 g/mol. The first-order chi connectivity index (χ1) is 10.6. The second kappa shape index (κ2) is 7.72. The van der Waals surface area contributed by atoms with Gasteiger partial charge in [-0.2, -0.15) is 5.26 Å². The van der Waals surface area contributed by atoms with Gasteiger partial charge < -0.3 is 9.64 Å². The number of anilines is 1. The first-order valence-electron chi connectivity index (χ1n) is 7.15. The molecule has 2 rings (SSSR count). The fourth-order valence-electron chi connectivity index (χ4n) is 2.18. The standard InChI is InChI=1S/C18H19ClN2O/c1-21(2)17-7-3-5-14(11-17)15(13-20)9-10-22-18-8-4-6-16(19)12-18/h3-8,11-12,15H,9-10H2,1-2H3. The van der Waals surface area contributed by atoms with Crippen LogP contribution < -0.4 is 9.64 Å². The summed E-state index contributed by atoms with van der Waals surface area (Å²) >= 11 is 5.92. The lowest BCUT2D eigenvalue weighted by Crippen LogP contribution is -2.10. The van der Waals surface area contributed by atoms with Gasteiger partial charge in [0.25, 0.3) is 0 Å². The predicted octanol–water partition coefficient (Wildman–Crippen LogP) is 4.48. The molecular weight excluding hydrogens is 296 g/mol. The maximum Gasteiger partial charge on any atom is 0.120 e. The summed E-state index contributed by atoms with van der Waals surface area (Å²) in [6, 6.07) is 17.7. The van der Waals surface area contributed by atoms with E-state index in [9.17, 15) is 5.26 Å². The number of hydrogen-bond donors (Lipinski definition) is 0. The molecule has 1 unspecified atom stereocenters. The van der Waals surface area contributed by atoms with Crippen molar-refractivity contribution in [3.8, 4) is 11.8 Å². The van der Waals surface area contributed by atoms with Crippen molar-refractivity contribution in [2.45, 2.75) is 12.3 Å². The highest BCUT2D eigenvalue weighted by molar-refractivity contribution is 6.30. The molecule has 0 radical (unpaired) electrons. The number of hydrogen-bond acceptors (Lipinski definition) is 3. The van der Waals surface area contributed by atoms with Gasteiger partial charge in [0.1, 0.15) is 5.75 Å². The van der Waals surface area contributed by atoms with Crippen molar-refractivity contribution in [3.63, 3.8) is 0 Å². The highest BCUT2D eigenvalue weighted by atomic mass is 35.5. The largest absolute Gasteiger partial charge is 0.493 e. The van der Waals surface area contributed by atoms with Gasteiger partial charge in [0.2, 0.25) is 0 Å². The summed E-state index contributed by atoms with van der Waals surface area (Å²) in [5.41, 5.74) is 2.11. The van der Waals surface area contributed by atoms with Crippen LogP contribution in [-0.4, -0.2) is 20.7 Å². The Morgan fingerprint density at radius 2 is 1.95 bits per heavy atom. The predicted molar refractivity (Wildman–Crippen MR) is 90.7 cm³/mol. The molecule has 0 saturated heterocycles. The minimum Gasteiger partial charge on any atom is -0.493 e. The van der Waals surface area contributed by atoms with Crippen LogP contribution in [0.5, 0.6) is 5.75 Å². The lowest BCUT2D eigenvalue weighted by molar-refractivity contribution is 0.306. The molecule has 1 atom stereocenters. The second-order valence-electron chi connectivity index (χ2n) is 5.27. The van der Waals surface area contributed by atoms with E-state index in [0.29, 0.717) is 18.1 Å². The molecule has 0 amide bonds. The zero-order valence-corrected chi connectivity index (χ0v) is 13.5. The zero-order valence-electron chi connectivity index (χ0n) is 12.8. The van der Waals surface area contributed by atoms with Crippen LogP contribution >= 0.6 is 11.6 Å². The van der Waals surface area contributed by atoms with Crippen LogP contribution in [0.25, 0.3) is 0 Å². The van der Waals surface area contributed by atoms with Crippen LogP contribution in [0.4, 0.5) is 5.69 Å². The van der Waals surface area contributed by atoms with E-state index >= 15 is 0 Å². The normalized spacial score (nSPS) is 11.5. The molecular formula is C18H19ClN2O. The minimum absolute atomic E-state index is 0.181. The molecule has 3 nitrogen and oxygen atoms in total. The molecule has 114 valence electrons. The van der Waals surface area contributed by atoms with Crippen LogP contribution in [0.1, 0.15) is 17.9 Å². The minimum atomic E-state index is -0.181. The topological polar surface area (TPSA) is 36.3 Å². The fourth-order valence-corrected chi connectivity index (χ4v) is 2.36. The Morgan fingerprint density at radius 1 is 1.18 bits per heavy atom. The molecule has 0 aliphatic rings. The van der Waals surface area contributed by atoms with E-state index < -0.39 is 0 Å². The van der Waals surface area contributed by atoms with E-state index in [4.69, 9.17) is 16.3 Å². The van der Waals surface area contributed by atoms with Gasteiger partial charge in [0.05, 0.1) is 18.6 Å². The lowest BCUT2D eigenvalue weighted by Gasteiger charge is -2.16. The third-order valence-corrected chi connectivity index (χ3v) is 3.65. The maximum atomic E-state index is 9.41. The van der Waals surface area contributed by atoms with Crippen LogP contribution in [0.3, 0.4) is 0 Å². The summed E-state index contributed by atoms with van der Waals surface area (Å²) in [7, 11) is 3.98. The maximum absolute atomic E-state index is 9.41. The number of halogens is 1. The highest BCUT2D eigenvalue weighted by Gasteiger charge is 2.12. The van der Waals surface area contributed by atoms with Crippen LogP contribution in [0.15, 0.2) is 48.5 Å². The Kier molecular flexibility index (Phi) is 5.68. The molecule has 4 heteroatoms. The Balaban J connectivity index is 1.98. The zero-order chi connectivity index (χ0) is 15.9. The summed E-state index contributed by atoms with van der Waals surface area (Å²) in [5, 5.41) is 10.1. The van der Waals surface area contributed by atoms with Crippen molar-refractivity contribution in [2.75, 3.05) is 25.6 Å². The molecule has 0 saturated carbocycles. The molecule has 0 aliphatic carbocycles. The van der Waals surface area contributed by atoms with Crippen molar-refractivity contribution in [1.29, 1.82) is 5.26 Å². The third kappa shape index (κ3) is 4.41. The SMILES string of the molecule is CN(C)c1cccc(C(C#N)CCOc2cccc(Cl)c2)c1. The summed E-state index contributed by atoms with van der Waals surface area (Å²) < 4.78 is 5.67. The number of nitriles is 1. The fraction of sp³-hybridized carbons (Fsp3) is 0.278. The Bertz CT molecular complexity index is 664. The first-order valence-corrected chi connectivity index (χ1v) is 7.53. The van der Waals surface area contributed by atoms with Gasteiger partial charge in [0, 0.05) is 31.2 Å². The van der Waals surface area contributed by atoms with E-state index in [1.165, 1.54) is 0 Å². The second-order valence-corrected chi connectivity index (χ2v) is 5.70. The quantitative estimate of drug-likeness (QED) is 0.788. The van der Waals surface area contributed by atoms with Crippen molar-refractivity contribution in [3.05, 3.63) is 59.1 Å². The average Bonchev–Trinajstić information content (AvgIpc) is 2.52. The molecule has 0 aromatic heterocycles. The van der Waals surface area contributed by atoms with Crippen LogP contribution in [-0.2, 0) is 0 Å². The molecule has 22 heavy (non-hydrogen) atoms. The molecule has 0 bridgehead atoms. The molecule has 0 heterocycles. The van der Waals surface area contributed by atoms with Crippen molar-refractivity contribution in [2.24, 2.45) is 0 Å². The lowest BCUT2D eigenvalue weighted by atomic mass is 9.97. The van der Waals surface area contributed by atoms with Crippen LogP contribution in [0.2, 0.25) is 5.02 Å². The molecule has 2 aromatic carbocycles. The number of nitrogens with zero attached hydrogens (tertiary/aromatic N) is 2. The van der Waals surface area contributed by atoms with Gasteiger partial charge in [-0.25, -0.2) is 0 Å². The number of benzene rings is 2. The summed E-state index contributed by atoms with van der Waals surface area (Å²) in [6.45, 7) is 0.477. The van der Waals surface area contributed by atoms with Gasteiger partial charge in [0.15, 0.2) is 0 Å². The number of rotatable bonds is 6. The molecule has 0 aliphatic heterocycles. The Hall–Kier alpha value is -2.18. The van der Waals surface area contributed by atoms with Gasteiger partial charge in [-0.3, -0.25) is 0 Å². The summed E-state index contributed by atoms with van der Waals surface area (Å²) in [4.78, 5) is 2.03. The molecule has 0 N–H and O–H groups in total. The van der Waals surface area contributed by atoms with Crippen molar-refractivity contribution < 1.29 is 4.74 Å². The Morgan fingerprint density at radius 3 is 2.64 bits per heavy atom. The Labute approximate surface area is 136 Å². The average molecular weight is 315 g/mol. The number of ether oxygens (including phenoxy) is 1. The molecule has 2 aromatic rings. The van der Waals surface area contributed by atoms with E-state index in [1.807, 2.05) is 55.4 Å². The van der Waals surface area contributed by atoms with Crippen LogP contribution in [0, 0.1) is 11.3 Å². The molecule has 0 fully saturated rings. The van der Waals surface area contributed by atoms with E-state index in [0.717, 1.165) is 17.0 Å².